The van der Waals surface area contributed by atoms with Crippen molar-refractivity contribution in [3.05, 3.63) is 35.9 Å². The Balaban J connectivity index is 2.07. The van der Waals surface area contributed by atoms with Gasteiger partial charge in [0.15, 0.2) is 0 Å². The number of nitrogens with zero attached hydrogens (tertiary/aromatic N) is 2. The van der Waals surface area contributed by atoms with Gasteiger partial charge < -0.3 is 10.6 Å². The van der Waals surface area contributed by atoms with Gasteiger partial charge in [-0.3, -0.25) is 0 Å². The highest BCUT2D eigenvalue weighted by molar-refractivity contribution is 5.82. The molecule has 1 aliphatic rings. The van der Waals surface area contributed by atoms with E-state index in [2.05, 4.69) is 49.1 Å². The standard InChI is InChI=1S/C18H25N3/c1-13-7-8-14(2)21(12-13)18-16(9-10-19)11-15-5-3-4-6-17(15)20-18/h3-6,11,13-14H,7-10,12,19H2,1-2H3. The Bertz CT molecular complexity index is 623. The van der Waals surface area contributed by atoms with Crippen LogP contribution in [0.3, 0.4) is 0 Å². The van der Waals surface area contributed by atoms with Gasteiger partial charge in [-0.05, 0) is 56.3 Å². The predicted molar refractivity (Wildman–Crippen MR) is 89.7 cm³/mol. The fraction of sp³-hybridized carbons (Fsp3) is 0.500. The summed E-state index contributed by atoms with van der Waals surface area (Å²) >= 11 is 0. The van der Waals surface area contributed by atoms with Crippen LogP contribution in [0.2, 0.25) is 0 Å². The van der Waals surface area contributed by atoms with Crippen molar-refractivity contribution >= 4 is 16.7 Å². The minimum absolute atomic E-state index is 0.561. The van der Waals surface area contributed by atoms with E-state index in [4.69, 9.17) is 10.7 Å². The van der Waals surface area contributed by atoms with Crippen LogP contribution in [0, 0.1) is 5.92 Å². The summed E-state index contributed by atoms with van der Waals surface area (Å²) in [5, 5.41) is 1.21. The van der Waals surface area contributed by atoms with E-state index < -0.39 is 0 Å². The van der Waals surface area contributed by atoms with Gasteiger partial charge in [-0.1, -0.05) is 25.1 Å². The third-order valence-electron chi connectivity index (χ3n) is 4.58. The summed E-state index contributed by atoms with van der Waals surface area (Å²) in [6.07, 6.45) is 3.46. The molecule has 0 aliphatic carbocycles. The van der Waals surface area contributed by atoms with Crippen LogP contribution in [-0.2, 0) is 6.42 Å². The van der Waals surface area contributed by atoms with Crippen LogP contribution in [0.15, 0.2) is 30.3 Å². The molecule has 1 aliphatic heterocycles. The van der Waals surface area contributed by atoms with Crippen molar-refractivity contribution in [3.63, 3.8) is 0 Å². The number of piperidine rings is 1. The summed E-state index contributed by atoms with van der Waals surface area (Å²) in [6, 6.07) is 11.2. The molecule has 0 radical (unpaired) electrons. The molecule has 1 saturated heterocycles. The molecule has 2 atom stereocenters. The molecule has 1 aromatic heterocycles. The molecule has 2 heterocycles. The summed E-state index contributed by atoms with van der Waals surface area (Å²) in [5.41, 5.74) is 8.19. The molecule has 3 rings (SSSR count). The number of hydrogen-bond donors (Lipinski definition) is 1. The number of benzene rings is 1. The summed E-state index contributed by atoms with van der Waals surface area (Å²) in [4.78, 5) is 7.46. The smallest absolute Gasteiger partial charge is 0.132 e. The van der Waals surface area contributed by atoms with E-state index >= 15 is 0 Å². The maximum atomic E-state index is 5.82. The van der Waals surface area contributed by atoms with E-state index in [1.54, 1.807) is 0 Å². The average Bonchev–Trinajstić information content (AvgIpc) is 2.49. The van der Waals surface area contributed by atoms with Crippen molar-refractivity contribution in [2.75, 3.05) is 18.0 Å². The van der Waals surface area contributed by atoms with Crippen LogP contribution in [0.4, 0.5) is 5.82 Å². The zero-order valence-electron chi connectivity index (χ0n) is 13.0. The SMILES string of the molecule is CC1CCC(C)N(c2nc3ccccc3cc2CCN)C1. The molecule has 3 heteroatoms. The van der Waals surface area contributed by atoms with Crippen molar-refractivity contribution in [2.45, 2.75) is 39.2 Å². The summed E-state index contributed by atoms with van der Waals surface area (Å²) in [5.74, 6) is 1.89. The first-order valence-corrected chi connectivity index (χ1v) is 8.04. The zero-order valence-corrected chi connectivity index (χ0v) is 13.0. The van der Waals surface area contributed by atoms with Gasteiger partial charge in [0.2, 0.25) is 0 Å². The molecule has 3 nitrogen and oxygen atoms in total. The third-order valence-corrected chi connectivity index (χ3v) is 4.58. The molecular formula is C18H25N3. The Morgan fingerprint density at radius 1 is 1.24 bits per heavy atom. The Labute approximate surface area is 127 Å². The lowest BCUT2D eigenvalue weighted by atomic mass is 9.94. The van der Waals surface area contributed by atoms with Crippen LogP contribution in [0.1, 0.15) is 32.3 Å². The zero-order chi connectivity index (χ0) is 14.8. The van der Waals surface area contributed by atoms with Gasteiger partial charge in [0.25, 0.3) is 0 Å². The van der Waals surface area contributed by atoms with Gasteiger partial charge in [0.05, 0.1) is 5.52 Å². The number of nitrogens with two attached hydrogens (primary N) is 1. The Hall–Kier alpha value is -1.61. The average molecular weight is 283 g/mol. The second kappa shape index (κ2) is 6.02. The van der Waals surface area contributed by atoms with Gasteiger partial charge in [0.1, 0.15) is 5.82 Å². The lowest BCUT2D eigenvalue weighted by molar-refractivity contribution is 0.387. The number of anilines is 1. The lowest BCUT2D eigenvalue weighted by Gasteiger charge is -2.38. The highest BCUT2D eigenvalue weighted by Gasteiger charge is 2.25. The Morgan fingerprint density at radius 2 is 2.05 bits per heavy atom. The quantitative estimate of drug-likeness (QED) is 0.939. The molecule has 1 fully saturated rings. The third kappa shape index (κ3) is 2.88. The molecule has 21 heavy (non-hydrogen) atoms. The number of pyridine rings is 1. The summed E-state index contributed by atoms with van der Waals surface area (Å²) < 4.78 is 0. The van der Waals surface area contributed by atoms with Crippen LogP contribution in [-0.4, -0.2) is 24.1 Å². The molecule has 0 saturated carbocycles. The molecule has 1 aromatic carbocycles. The number of rotatable bonds is 3. The number of fused-ring (bicyclic) bond motifs is 1. The van der Waals surface area contributed by atoms with Crippen LogP contribution >= 0.6 is 0 Å². The molecule has 2 unspecified atom stereocenters. The highest BCUT2D eigenvalue weighted by atomic mass is 15.2. The Kier molecular flexibility index (Phi) is 4.11. The first kappa shape index (κ1) is 14.3. The van der Waals surface area contributed by atoms with E-state index in [0.29, 0.717) is 12.6 Å². The van der Waals surface area contributed by atoms with Gasteiger partial charge in [0, 0.05) is 18.0 Å². The maximum Gasteiger partial charge on any atom is 0.132 e. The molecule has 2 N–H and O–H groups in total. The predicted octanol–water partition coefficient (Wildman–Crippen LogP) is 3.36. The molecule has 112 valence electrons. The van der Waals surface area contributed by atoms with Crippen LogP contribution < -0.4 is 10.6 Å². The number of aromatic nitrogens is 1. The van der Waals surface area contributed by atoms with Crippen molar-refractivity contribution in [2.24, 2.45) is 11.7 Å². The van der Waals surface area contributed by atoms with Gasteiger partial charge in [-0.2, -0.15) is 0 Å². The maximum absolute atomic E-state index is 5.82. The first-order chi connectivity index (χ1) is 10.2. The van der Waals surface area contributed by atoms with Gasteiger partial charge in [-0.25, -0.2) is 4.98 Å². The molecule has 0 amide bonds. The normalized spacial score (nSPS) is 22.7. The molecule has 2 aromatic rings. The van der Waals surface area contributed by atoms with E-state index in [-0.39, 0.29) is 0 Å². The van der Waals surface area contributed by atoms with Gasteiger partial charge in [-0.15, -0.1) is 0 Å². The monoisotopic (exact) mass is 283 g/mol. The van der Waals surface area contributed by atoms with Crippen molar-refractivity contribution in [3.8, 4) is 0 Å². The first-order valence-electron chi connectivity index (χ1n) is 8.04. The minimum atomic E-state index is 0.561. The van der Waals surface area contributed by atoms with Crippen molar-refractivity contribution < 1.29 is 0 Å². The fourth-order valence-electron chi connectivity index (χ4n) is 3.32. The largest absolute Gasteiger partial charge is 0.353 e. The lowest BCUT2D eigenvalue weighted by Crippen LogP contribution is -2.42. The molecule has 0 bridgehead atoms. The highest BCUT2D eigenvalue weighted by Crippen LogP contribution is 2.30. The van der Waals surface area contributed by atoms with Crippen LogP contribution in [0.25, 0.3) is 10.9 Å². The van der Waals surface area contributed by atoms with E-state index in [0.717, 1.165) is 30.2 Å². The minimum Gasteiger partial charge on any atom is -0.353 e. The second-order valence-electron chi connectivity index (χ2n) is 6.39. The fourth-order valence-corrected chi connectivity index (χ4v) is 3.32. The summed E-state index contributed by atoms with van der Waals surface area (Å²) in [7, 11) is 0. The number of hydrogen-bond acceptors (Lipinski definition) is 3. The molecular weight excluding hydrogens is 258 g/mol. The second-order valence-corrected chi connectivity index (χ2v) is 6.39. The van der Waals surface area contributed by atoms with Crippen LogP contribution in [0.5, 0.6) is 0 Å². The van der Waals surface area contributed by atoms with E-state index in [1.807, 2.05) is 0 Å². The topological polar surface area (TPSA) is 42.2 Å². The Morgan fingerprint density at radius 3 is 2.86 bits per heavy atom. The van der Waals surface area contributed by atoms with Crippen molar-refractivity contribution in [1.82, 2.24) is 4.98 Å². The van der Waals surface area contributed by atoms with Gasteiger partial charge >= 0.3 is 0 Å². The summed E-state index contributed by atoms with van der Waals surface area (Å²) in [6.45, 7) is 6.42. The molecule has 0 spiro atoms. The van der Waals surface area contributed by atoms with Crippen molar-refractivity contribution in [1.29, 1.82) is 0 Å². The number of para-hydroxylation sites is 1. The van der Waals surface area contributed by atoms with E-state index in [9.17, 15) is 0 Å². The van der Waals surface area contributed by atoms with E-state index in [1.165, 1.54) is 23.8 Å².